The Morgan fingerprint density at radius 2 is 1.72 bits per heavy atom. The van der Waals surface area contributed by atoms with Gasteiger partial charge < -0.3 is 19.3 Å². The number of nitrogens with zero attached hydrogens (tertiary/aromatic N) is 4. The summed E-state index contributed by atoms with van der Waals surface area (Å²) in [4.78, 5) is 30.6. The van der Waals surface area contributed by atoms with Gasteiger partial charge in [0.25, 0.3) is 5.91 Å². The Morgan fingerprint density at radius 3 is 2.39 bits per heavy atom. The van der Waals surface area contributed by atoms with Gasteiger partial charge in [0.15, 0.2) is 0 Å². The number of ether oxygens (including phenoxy) is 2. The van der Waals surface area contributed by atoms with Crippen LogP contribution < -0.4 is 14.4 Å². The van der Waals surface area contributed by atoms with Crippen LogP contribution in [0.15, 0.2) is 18.2 Å². The van der Waals surface area contributed by atoms with Crippen LogP contribution in [-0.2, 0) is 12.8 Å². The number of methoxy groups -OCH3 is 2. The maximum absolute atomic E-state index is 13.5. The van der Waals surface area contributed by atoms with Crippen LogP contribution in [0.4, 0.5) is 5.82 Å². The van der Waals surface area contributed by atoms with Crippen LogP contribution in [0.3, 0.4) is 0 Å². The topological polar surface area (TPSA) is 67.8 Å². The van der Waals surface area contributed by atoms with Crippen molar-refractivity contribution in [2.75, 3.05) is 45.3 Å². The Bertz CT molecular complexity index is 1230. The van der Waals surface area contributed by atoms with Gasteiger partial charge in [-0.3, -0.25) is 4.79 Å². The number of hydrogen-bond donors (Lipinski definition) is 0. The van der Waals surface area contributed by atoms with Crippen LogP contribution in [0, 0.1) is 0 Å². The van der Waals surface area contributed by atoms with Crippen molar-refractivity contribution >= 4 is 33.3 Å². The molecule has 0 saturated carbocycles. The fourth-order valence-electron chi connectivity index (χ4n) is 5.30. The monoisotopic (exact) mass is 508 g/mol. The maximum atomic E-state index is 13.5. The lowest BCUT2D eigenvalue weighted by molar-refractivity contribution is 0.0739. The molecular weight excluding hydrogens is 472 g/mol. The van der Waals surface area contributed by atoms with Crippen molar-refractivity contribution in [2.24, 2.45) is 0 Å². The molecule has 1 aliphatic heterocycles. The molecule has 5 rings (SSSR count). The second-order valence-electron chi connectivity index (χ2n) is 9.78. The molecule has 0 unspecified atom stereocenters. The van der Waals surface area contributed by atoms with E-state index in [1.807, 2.05) is 34.4 Å². The SMILES string of the molecule is CC[C@@H](C)c1nc(N2CCN(C(=O)c3c(OC)cccc3OC)CC2)c2c3c(sc2n1)CCCCC3. The molecule has 1 aromatic carbocycles. The van der Waals surface area contributed by atoms with E-state index in [9.17, 15) is 4.79 Å². The zero-order valence-electron chi connectivity index (χ0n) is 21.8. The molecule has 1 saturated heterocycles. The molecule has 1 fully saturated rings. The first-order chi connectivity index (χ1) is 17.5. The summed E-state index contributed by atoms with van der Waals surface area (Å²) in [7, 11) is 3.17. The number of carbonyl (C=O) groups excluding carboxylic acids is 1. The number of aryl methyl sites for hydroxylation is 2. The molecule has 8 heteroatoms. The molecule has 1 aliphatic carbocycles. The standard InChI is InChI=1S/C28H36N4O3S/c1-5-18(2)25-29-26(23-19-10-7-6-8-13-22(19)36-27(23)30-25)31-14-16-32(17-15-31)28(33)24-20(34-3)11-9-12-21(24)35-4/h9,11-12,18H,5-8,10,13-17H2,1-4H3/t18-/m1/s1. The van der Waals surface area contributed by atoms with Gasteiger partial charge in [-0.05, 0) is 49.8 Å². The van der Waals surface area contributed by atoms with Crippen molar-refractivity contribution in [3.05, 3.63) is 40.0 Å². The van der Waals surface area contributed by atoms with Crippen molar-refractivity contribution in [1.29, 1.82) is 0 Å². The molecule has 0 bridgehead atoms. The van der Waals surface area contributed by atoms with E-state index >= 15 is 0 Å². The van der Waals surface area contributed by atoms with E-state index in [1.165, 1.54) is 35.1 Å². The average Bonchev–Trinajstić information content (AvgIpc) is 3.11. The van der Waals surface area contributed by atoms with Crippen molar-refractivity contribution in [1.82, 2.24) is 14.9 Å². The van der Waals surface area contributed by atoms with Gasteiger partial charge in [0.1, 0.15) is 33.5 Å². The first-order valence-corrected chi connectivity index (χ1v) is 13.9. The summed E-state index contributed by atoms with van der Waals surface area (Å²) in [6.45, 7) is 7.12. The Morgan fingerprint density at radius 1 is 1.03 bits per heavy atom. The van der Waals surface area contributed by atoms with Gasteiger partial charge >= 0.3 is 0 Å². The maximum Gasteiger partial charge on any atom is 0.261 e. The minimum atomic E-state index is -0.0542. The average molecular weight is 509 g/mol. The summed E-state index contributed by atoms with van der Waals surface area (Å²) >= 11 is 1.87. The number of amides is 1. The van der Waals surface area contributed by atoms with Crippen LogP contribution in [-0.4, -0.2) is 61.2 Å². The number of carbonyl (C=O) groups is 1. The summed E-state index contributed by atoms with van der Waals surface area (Å²) in [6.07, 6.45) is 7.05. The fourth-order valence-corrected chi connectivity index (χ4v) is 6.57. The van der Waals surface area contributed by atoms with Crippen molar-refractivity contribution in [3.8, 4) is 11.5 Å². The van der Waals surface area contributed by atoms with E-state index in [4.69, 9.17) is 19.4 Å². The molecule has 36 heavy (non-hydrogen) atoms. The smallest absolute Gasteiger partial charge is 0.261 e. The van der Waals surface area contributed by atoms with Crippen LogP contribution in [0.1, 0.15) is 72.1 Å². The second-order valence-corrected chi connectivity index (χ2v) is 10.9. The predicted octanol–water partition coefficient (Wildman–Crippen LogP) is 5.45. The van der Waals surface area contributed by atoms with E-state index in [1.54, 1.807) is 14.2 Å². The summed E-state index contributed by atoms with van der Waals surface area (Å²) in [5, 5.41) is 1.26. The Hall–Kier alpha value is -2.87. The van der Waals surface area contributed by atoms with Crippen molar-refractivity contribution < 1.29 is 14.3 Å². The lowest BCUT2D eigenvalue weighted by Gasteiger charge is -2.36. The molecule has 7 nitrogen and oxygen atoms in total. The third kappa shape index (κ3) is 4.51. The van der Waals surface area contributed by atoms with Crippen LogP contribution >= 0.6 is 11.3 Å². The zero-order valence-corrected chi connectivity index (χ0v) is 22.6. The number of benzene rings is 1. The van der Waals surface area contributed by atoms with Gasteiger partial charge in [-0.25, -0.2) is 9.97 Å². The minimum absolute atomic E-state index is 0.0542. The number of anilines is 1. The molecule has 2 aromatic heterocycles. The van der Waals surface area contributed by atoms with E-state index < -0.39 is 0 Å². The largest absolute Gasteiger partial charge is 0.496 e. The normalized spacial score (nSPS) is 17.0. The van der Waals surface area contributed by atoms with E-state index in [-0.39, 0.29) is 5.91 Å². The quantitative estimate of drug-likeness (QED) is 0.412. The van der Waals surface area contributed by atoms with Gasteiger partial charge in [0, 0.05) is 37.0 Å². The highest BCUT2D eigenvalue weighted by molar-refractivity contribution is 7.19. The number of aromatic nitrogens is 2. The van der Waals surface area contributed by atoms with Gasteiger partial charge in [-0.1, -0.05) is 26.3 Å². The second kappa shape index (κ2) is 10.6. The minimum Gasteiger partial charge on any atom is -0.496 e. The predicted molar refractivity (Wildman–Crippen MR) is 145 cm³/mol. The fraction of sp³-hybridized carbons (Fsp3) is 0.536. The summed E-state index contributed by atoms with van der Waals surface area (Å²) < 4.78 is 11.0. The Kier molecular flexibility index (Phi) is 7.32. The molecule has 2 aliphatic rings. The van der Waals surface area contributed by atoms with E-state index in [0.717, 1.165) is 48.8 Å². The molecule has 1 amide bonds. The molecule has 192 valence electrons. The van der Waals surface area contributed by atoms with Crippen LogP contribution in [0.2, 0.25) is 0 Å². The van der Waals surface area contributed by atoms with Crippen LogP contribution in [0.25, 0.3) is 10.2 Å². The first kappa shape index (κ1) is 24.8. The highest BCUT2D eigenvalue weighted by Gasteiger charge is 2.30. The Labute approximate surface area is 217 Å². The molecule has 1 atom stereocenters. The number of hydrogen-bond acceptors (Lipinski definition) is 7. The number of fused-ring (bicyclic) bond motifs is 3. The molecule has 3 heterocycles. The summed E-state index contributed by atoms with van der Waals surface area (Å²) in [5.74, 6) is 3.35. The van der Waals surface area contributed by atoms with Gasteiger partial charge in [0.2, 0.25) is 0 Å². The summed E-state index contributed by atoms with van der Waals surface area (Å²) in [5.41, 5.74) is 1.96. The van der Waals surface area contributed by atoms with Crippen molar-refractivity contribution in [3.63, 3.8) is 0 Å². The van der Waals surface area contributed by atoms with E-state index in [0.29, 0.717) is 36.1 Å². The van der Waals surface area contributed by atoms with Crippen molar-refractivity contribution in [2.45, 2.75) is 58.3 Å². The highest BCUT2D eigenvalue weighted by atomic mass is 32.1. The summed E-state index contributed by atoms with van der Waals surface area (Å²) in [6, 6.07) is 5.45. The third-order valence-electron chi connectivity index (χ3n) is 7.62. The molecular formula is C28H36N4O3S. The first-order valence-electron chi connectivity index (χ1n) is 13.1. The van der Waals surface area contributed by atoms with Crippen LogP contribution in [0.5, 0.6) is 11.5 Å². The lowest BCUT2D eigenvalue weighted by atomic mass is 10.1. The molecule has 3 aromatic rings. The molecule has 0 N–H and O–H groups in total. The Balaban J connectivity index is 1.45. The lowest BCUT2D eigenvalue weighted by Crippen LogP contribution is -2.49. The number of rotatable bonds is 6. The van der Waals surface area contributed by atoms with Gasteiger partial charge in [0.05, 0.1) is 19.6 Å². The zero-order chi connectivity index (χ0) is 25.2. The van der Waals surface area contributed by atoms with Gasteiger partial charge in [-0.15, -0.1) is 11.3 Å². The molecule has 0 spiro atoms. The van der Waals surface area contributed by atoms with E-state index in [2.05, 4.69) is 18.7 Å². The third-order valence-corrected chi connectivity index (χ3v) is 8.81. The highest BCUT2D eigenvalue weighted by Crippen LogP contribution is 2.40. The number of thiophene rings is 1. The van der Waals surface area contributed by atoms with Gasteiger partial charge in [-0.2, -0.15) is 0 Å². The molecule has 0 radical (unpaired) electrons. The number of piperazine rings is 1.